The van der Waals surface area contributed by atoms with E-state index in [2.05, 4.69) is 22.2 Å². The molecule has 0 spiro atoms. The lowest BCUT2D eigenvalue weighted by molar-refractivity contribution is 0.288. The van der Waals surface area contributed by atoms with Crippen LogP contribution in [0.15, 0.2) is 26.9 Å². The third-order valence-corrected chi connectivity index (χ3v) is 8.17. The van der Waals surface area contributed by atoms with Crippen LogP contribution in [0.25, 0.3) is 10.7 Å². The molecule has 28 heavy (non-hydrogen) atoms. The van der Waals surface area contributed by atoms with Gasteiger partial charge in [-0.25, -0.2) is 8.42 Å². The fourth-order valence-corrected chi connectivity index (χ4v) is 6.01. The van der Waals surface area contributed by atoms with Crippen LogP contribution in [-0.4, -0.2) is 45.7 Å². The summed E-state index contributed by atoms with van der Waals surface area (Å²) in [7, 11) is -3.56. The maximum atomic E-state index is 13.2. The van der Waals surface area contributed by atoms with Gasteiger partial charge in [0.25, 0.3) is 0 Å². The Bertz CT molecular complexity index is 1060. The molecule has 4 heterocycles. The van der Waals surface area contributed by atoms with Crippen molar-refractivity contribution in [3.8, 4) is 10.7 Å². The van der Waals surface area contributed by atoms with Crippen molar-refractivity contribution < 1.29 is 12.9 Å². The van der Waals surface area contributed by atoms with Gasteiger partial charge in [0.2, 0.25) is 21.7 Å². The Balaban J connectivity index is 1.59. The van der Waals surface area contributed by atoms with Crippen LogP contribution in [0.1, 0.15) is 37.0 Å². The van der Waals surface area contributed by atoms with Gasteiger partial charge in [0.1, 0.15) is 11.4 Å². The number of hydrogen-bond acceptors (Lipinski definition) is 7. The van der Waals surface area contributed by atoms with E-state index in [1.54, 1.807) is 22.8 Å². The third-order valence-electron chi connectivity index (χ3n) is 5.15. The fraction of sp³-hybridized carbons (Fsp3) is 0.500. The summed E-state index contributed by atoms with van der Waals surface area (Å²) < 4.78 is 34.9. The van der Waals surface area contributed by atoms with E-state index in [1.807, 2.05) is 17.5 Å². The Labute approximate surface area is 168 Å². The van der Waals surface area contributed by atoms with Gasteiger partial charge in [-0.3, -0.25) is 4.68 Å². The Hall–Kier alpha value is -2.04. The van der Waals surface area contributed by atoms with Gasteiger partial charge in [-0.15, -0.1) is 11.3 Å². The first-order valence-corrected chi connectivity index (χ1v) is 11.6. The Morgan fingerprint density at radius 2 is 2.04 bits per heavy atom. The van der Waals surface area contributed by atoms with Crippen molar-refractivity contribution in [3.63, 3.8) is 0 Å². The molecule has 1 saturated heterocycles. The van der Waals surface area contributed by atoms with Crippen LogP contribution in [0.2, 0.25) is 0 Å². The zero-order chi connectivity index (χ0) is 19.9. The topological polar surface area (TPSA) is 94.1 Å². The van der Waals surface area contributed by atoms with E-state index in [0.717, 1.165) is 17.7 Å². The van der Waals surface area contributed by atoms with E-state index in [9.17, 15) is 8.42 Å². The summed E-state index contributed by atoms with van der Waals surface area (Å²) in [6, 6.07) is 3.85. The number of sulfonamides is 1. The van der Waals surface area contributed by atoms with Crippen LogP contribution in [0.3, 0.4) is 0 Å². The van der Waals surface area contributed by atoms with Gasteiger partial charge < -0.3 is 4.52 Å². The van der Waals surface area contributed by atoms with E-state index >= 15 is 0 Å². The molecule has 4 rings (SSSR count). The SMILES string of the molecule is Cc1nn(Cc2nc(-c3cccs3)no2)c(C)c1S(=O)(=O)N1CCC(C)CC1. The summed E-state index contributed by atoms with van der Waals surface area (Å²) in [6.45, 7) is 7.01. The van der Waals surface area contributed by atoms with Crippen molar-refractivity contribution in [2.45, 2.75) is 45.1 Å². The van der Waals surface area contributed by atoms with Crippen molar-refractivity contribution in [3.05, 3.63) is 34.8 Å². The van der Waals surface area contributed by atoms with Crippen LogP contribution in [0.4, 0.5) is 0 Å². The Morgan fingerprint density at radius 3 is 2.71 bits per heavy atom. The molecular formula is C18H23N5O3S2. The average Bonchev–Trinajstić information content (AvgIpc) is 3.37. The molecule has 0 N–H and O–H groups in total. The Kier molecular flexibility index (Phi) is 5.11. The molecule has 0 radical (unpaired) electrons. The minimum absolute atomic E-state index is 0.234. The maximum absolute atomic E-state index is 13.2. The predicted molar refractivity (Wildman–Crippen MR) is 106 cm³/mol. The third kappa shape index (κ3) is 3.51. The average molecular weight is 422 g/mol. The van der Waals surface area contributed by atoms with Gasteiger partial charge in [-0.2, -0.15) is 14.4 Å². The van der Waals surface area contributed by atoms with Crippen molar-refractivity contribution in [2.24, 2.45) is 5.92 Å². The molecule has 10 heteroatoms. The lowest BCUT2D eigenvalue weighted by atomic mass is 10.0. The standard InChI is InChI=1S/C18H23N5O3S2/c1-12-6-8-22(9-7-12)28(24,25)17-13(2)20-23(14(17)3)11-16-19-18(21-26-16)15-5-4-10-27-15/h4-5,10,12H,6-9,11H2,1-3H3. The predicted octanol–water partition coefficient (Wildman–Crippen LogP) is 3.08. The summed E-state index contributed by atoms with van der Waals surface area (Å²) in [5.74, 6) is 1.48. The number of hydrogen-bond donors (Lipinski definition) is 0. The molecule has 0 aliphatic carbocycles. The molecule has 0 atom stereocenters. The van der Waals surface area contributed by atoms with Gasteiger partial charge in [0.15, 0.2) is 0 Å². The van der Waals surface area contributed by atoms with E-state index in [1.165, 1.54) is 11.3 Å². The molecule has 0 amide bonds. The smallest absolute Gasteiger partial charge is 0.248 e. The van der Waals surface area contributed by atoms with Crippen molar-refractivity contribution in [2.75, 3.05) is 13.1 Å². The minimum atomic E-state index is -3.56. The van der Waals surface area contributed by atoms with Crippen LogP contribution < -0.4 is 0 Å². The molecule has 1 aliphatic heterocycles. The lowest BCUT2D eigenvalue weighted by Gasteiger charge is -2.29. The molecule has 1 aliphatic rings. The monoisotopic (exact) mass is 421 g/mol. The Morgan fingerprint density at radius 1 is 1.29 bits per heavy atom. The normalized spacial score (nSPS) is 16.7. The molecular weight excluding hydrogens is 398 g/mol. The second kappa shape index (κ2) is 7.41. The summed E-state index contributed by atoms with van der Waals surface area (Å²) >= 11 is 1.53. The zero-order valence-electron chi connectivity index (χ0n) is 16.1. The van der Waals surface area contributed by atoms with Crippen molar-refractivity contribution >= 4 is 21.4 Å². The molecule has 0 bridgehead atoms. The van der Waals surface area contributed by atoms with E-state index in [4.69, 9.17) is 4.52 Å². The van der Waals surface area contributed by atoms with Crippen LogP contribution in [-0.2, 0) is 16.6 Å². The number of rotatable bonds is 5. The van der Waals surface area contributed by atoms with Gasteiger partial charge in [-0.1, -0.05) is 18.1 Å². The lowest BCUT2D eigenvalue weighted by Crippen LogP contribution is -2.38. The number of thiophene rings is 1. The molecule has 3 aromatic heterocycles. The van der Waals surface area contributed by atoms with Crippen molar-refractivity contribution in [1.82, 2.24) is 24.2 Å². The summed E-state index contributed by atoms with van der Waals surface area (Å²) in [4.78, 5) is 5.61. The number of piperidine rings is 1. The highest BCUT2D eigenvalue weighted by molar-refractivity contribution is 7.89. The molecule has 150 valence electrons. The summed E-state index contributed by atoms with van der Waals surface area (Å²) in [5.41, 5.74) is 1.08. The van der Waals surface area contributed by atoms with Crippen LogP contribution >= 0.6 is 11.3 Å². The summed E-state index contributed by atoms with van der Waals surface area (Å²) in [6.07, 6.45) is 1.78. The molecule has 1 fully saturated rings. The second-order valence-electron chi connectivity index (χ2n) is 7.23. The van der Waals surface area contributed by atoms with Gasteiger partial charge in [0, 0.05) is 13.1 Å². The van der Waals surface area contributed by atoms with Crippen LogP contribution in [0, 0.1) is 19.8 Å². The summed E-state index contributed by atoms with van der Waals surface area (Å²) in [5, 5.41) is 10.4. The fourth-order valence-electron chi connectivity index (χ4n) is 3.52. The first kappa shape index (κ1) is 19.3. The number of aromatic nitrogens is 4. The van der Waals surface area contributed by atoms with E-state index in [-0.39, 0.29) is 6.54 Å². The van der Waals surface area contributed by atoms with E-state index in [0.29, 0.717) is 47.0 Å². The minimum Gasteiger partial charge on any atom is -0.337 e. The first-order chi connectivity index (χ1) is 13.4. The zero-order valence-corrected chi connectivity index (χ0v) is 17.8. The quantitative estimate of drug-likeness (QED) is 0.628. The molecule has 0 aromatic carbocycles. The molecule has 0 unspecified atom stereocenters. The molecule has 3 aromatic rings. The number of aryl methyl sites for hydroxylation is 1. The largest absolute Gasteiger partial charge is 0.337 e. The second-order valence-corrected chi connectivity index (χ2v) is 10.1. The highest BCUT2D eigenvalue weighted by Crippen LogP contribution is 2.28. The molecule has 0 saturated carbocycles. The van der Waals surface area contributed by atoms with Crippen molar-refractivity contribution in [1.29, 1.82) is 0 Å². The maximum Gasteiger partial charge on any atom is 0.248 e. The van der Waals surface area contributed by atoms with Gasteiger partial charge >= 0.3 is 0 Å². The van der Waals surface area contributed by atoms with Gasteiger partial charge in [0.05, 0.1) is 16.3 Å². The number of nitrogens with zero attached hydrogens (tertiary/aromatic N) is 5. The highest BCUT2D eigenvalue weighted by Gasteiger charge is 2.33. The molecule has 8 nitrogen and oxygen atoms in total. The first-order valence-electron chi connectivity index (χ1n) is 9.27. The van der Waals surface area contributed by atoms with Gasteiger partial charge in [-0.05, 0) is 44.1 Å². The highest BCUT2D eigenvalue weighted by atomic mass is 32.2. The van der Waals surface area contributed by atoms with E-state index < -0.39 is 10.0 Å². The van der Waals surface area contributed by atoms with Crippen LogP contribution in [0.5, 0.6) is 0 Å².